The first-order chi connectivity index (χ1) is 16.6. The maximum atomic E-state index is 13.0. The highest BCUT2D eigenvalue weighted by atomic mass is 32.2. The third kappa shape index (κ3) is 4.67. The number of carbonyl (C=O) groups is 2. The molecule has 2 aliphatic rings. The third-order valence-corrected chi connectivity index (χ3v) is 7.64. The Morgan fingerprint density at radius 2 is 1.62 bits per heavy atom. The second-order valence-electron chi connectivity index (χ2n) is 8.65. The molecule has 3 aromatic carbocycles. The van der Waals surface area contributed by atoms with E-state index in [0.717, 1.165) is 16.9 Å². The maximum absolute atomic E-state index is 13.0. The Balaban J connectivity index is 1.33. The van der Waals surface area contributed by atoms with Crippen molar-refractivity contribution in [2.75, 3.05) is 18.8 Å². The summed E-state index contributed by atoms with van der Waals surface area (Å²) in [5.41, 5.74) is 1.95. The summed E-state index contributed by atoms with van der Waals surface area (Å²) in [6, 6.07) is 29.1. The van der Waals surface area contributed by atoms with Crippen LogP contribution in [0.5, 0.6) is 0 Å². The molecule has 2 fully saturated rings. The first-order valence-corrected chi connectivity index (χ1v) is 12.5. The average Bonchev–Trinajstić information content (AvgIpc) is 3.29. The van der Waals surface area contributed by atoms with Crippen LogP contribution in [0.25, 0.3) is 0 Å². The molecular weight excluding hydrogens is 446 g/mol. The molecule has 3 atom stereocenters. The fraction of sp³-hybridized carbons (Fsp3) is 0.259. The molecule has 0 radical (unpaired) electrons. The van der Waals surface area contributed by atoms with E-state index in [9.17, 15) is 9.59 Å². The van der Waals surface area contributed by atoms with Crippen LogP contribution in [0.15, 0.2) is 91.0 Å². The second-order valence-corrected chi connectivity index (χ2v) is 9.79. The molecule has 0 aliphatic carbocycles. The van der Waals surface area contributed by atoms with Crippen LogP contribution in [0, 0.1) is 5.92 Å². The number of carbonyl (C=O) groups excluding carboxylic acids is 2. The van der Waals surface area contributed by atoms with E-state index >= 15 is 0 Å². The summed E-state index contributed by atoms with van der Waals surface area (Å²) in [6.07, 6.45) is -0.315. The van der Waals surface area contributed by atoms with Crippen molar-refractivity contribution in [3.05, 3.63) is 108 Å². The number of fused-ring (bicyclic) bond motifs is 1. The molecule has 5 rings (SSSR count). The Bertz CT molecular complexity index is 1130. The predicted molar refractivity (Wildman–Crippen MR) is 133 cm³/mol. The van der Waals surface area contributed by atoms with E-state index in [2.05, 4.69) is 22.8 Å². The van der Waals surface area contributed by atoms with Crippen LogP contribution in [-0.2, 0) is 16.9 Å². The van der Waals surface area contributed by atoms with Gasteiger partial charge in [0, 0.05) is 30.3 Å². The number of thioether (sulfide) groups is 1. The smallest absolute Gasteiger partial charge is 0.410 e. The summed E-state index contributed by atoms with van der Waals surface area (Å²) < 4.78 is 5.63. The first kappa shape index (κ1) is 22.5. The molecule has 0 aromatic heterocycles. The molecule has 3 unspecified atom stereocenters. The van der Waals surface area contributed by atoms with Gasteiger partial charge >= 0.3 is 6.09 Å². The molecule has 2 N–H and O–H groups in total. The zero-order valence-corrected chi connectivity index (χ0v) is 19.5. The molecule has 7 heteroatoms. The summed E-state index contributed by atoms with van der Waals surface area (Å²) in [7, 11) is 0. The van der Waals surface area contributed by atoms with Crippen molar-refractivity contribution in [2.24, 2.45) is 5.92 Å². The molecule has 2 saturated heterocycles. The van der Waals surface area contributed by atoms with E-state index in [4.69, 9.17) is 4.74 Å². The highest BCUT2D eigenvalue weighted by Gasteiger charge is 2.53. The summed E-state index contributed by atoms with van der Waals surface area (Å²) in [5, 5.41) is 6.80. The van der Waals surface area contributed by atoms with Crippen molar-refractivity contribution in [3.63, 3.8) is 0 Å². The van der Waals surface area contributed by atoms with Gasteiger partial charge in [0.2, 0.25) is 0 Å². The Kier molecular flexibility index (Phi) is 6.56. The number of nitrogens with one attached hydrogen (secondary N) is 2. The fourth-order valence-corrected chi connectivity index (χ4v) is 6.03. The molecular formula is C27H27N3O3S. The molecule has 34 heavy (non-hydrogen) atoms. The minimum absolute atomic E-state index is 0.121. The Morgan fingerprint density at radius 1 is 0.971 bits per heavy atom. The number of benzene rings is 3. The Hall–Kier alpha value is -3.29. The lowest BCUT2D eigenvalue weighted by atomic mass is 9.81. The van der Waals surface area contributed by atoms with Gasteiger partial charge in [0.1, 0.15) is 12.1 Å². The number of hydrogen-bond donors (Lipinski definition) is 2. The highest BCUT2D eigenvalue weighted by molar-refractivity contribution is 7.99. The van der Waals surface area contributed by atoms with Gasteiger partial charge in [-0.3, -0.25) is 10.1 Å². The van der Waals surface area contributed by atoms with Crippen LogP contribution in [0.3, 0.4) is 0 Å². The Morgan fingerprint density at radius 3 is 2.32 bits per heavy atom. The SMILES string of the molecule is O=C(NC1NC2(c3ccccc3)CN(C(=O)OCc3ccccc3)CC2CS1)c1ccccc1. The normalized spacial score (nSPS) is 23.7. The monoisotopic (exact) mass is 473 g/mol. The van der Waals surface area contributed by atoms with Crippen LogP contribution in [0.1, 0.15) is 21.5 Å². The minimum Gasteiger partial charge on any atom is -0.445 e. The van der Waals surface area contributed by atoms with E-state index < -0.39 is 5.54 Å². The summed E-state index contributed by atoms with van der Waals surface area (Å²) >= 11 is 1.66. The molecule has 3 aromatic rings. The number of nitrogens with zero attached hydrogens (tertiary/aromatic N) is 1. The van der Waals surface area contributed by atoms with Crippen LogP contribution in [-0.4, -0.2) is 41.2 Å². The number of hydrogen-bond acceptors (Lipinski definition) is 5. The van der Waals surface area contributed by atoms with Gasteiger partial charge in [-0.05, 0) is 23.3 Å². The molecule has 0 bridgehead atoms. The van der Waals surface area contributed by atoms with E-state index in [1.165, 1.54) is 0 Å². The number of ether oxygens (including phenoxy) is 1. The molecule has 0 spiro atoms. The largest absolute Gasteiger partial charge is 0.445 e. The summed E-state index contributed by atoms with van der Waals surface area (Å²) in [5.74, 6) is 0.878. The number of amides is 2. The van der Waals surface area contributed by atoms with Crippen LogP contribution < -0.4 is 10.6 Å². The van der Waals surface area contributed by atoms with E-state index in [-0.39, 0.29) is 30.0 Å². The van der Waals surface area contributed by atoms with Crippen molar-refractivity contribution in [1.29, 1.82) is 0 Å². The van der Waals surface area contributed by atoms with Gasteiger partial charge in [-0.2, -0.15) is 0 Å². The van der Waals surface area contributed by atoms with E-state index in [1.807, 2.05) is 66.7 Å². The number of rotatable bonds is 5. The van der Waals surface area contributed by atoms with Gasteiger partial charge in [0.15, 0.2) is 0 Å². The van der Waals surface area contributed by atoms with Crippen molar-refractivity contribution < 1.29 is 14.3 Å². The van der Waals surface area contributed by atoms with Gasteiger partial charge in [-0.25, -0.2) is 4.79 Å². The van der Waals surface area contributed by atoms with E-state index in [0.29, 0.717) is 18.7 Å². The zero-order valence-electron chi connectivity index (χ0n) is 18.7. The average molecular weight is 474 g/mol. The van der Waals surface area contributed by atoms with Crippen molar-refractivity contribution in [2.45, 2.75) is 17.6 Å². The van der Waals surface area contributed by atoms with Crippen molar-refractivity contribution in [1.82, 2.24) is 15.5 Å². The second kappa shape index (κ2) is 9.91. The molecule has 174 valence electrons. The van der Waals surface area contributed by atoms with E-state index in [1.54, 1.807) is 28.8 Å². The minimum atomic E-state index is -0.465. The molecule has 2 heterocycles. The standard InChI is InChI=1S/C27H27N3O3S/c31-24(21-12-6-2-7-13-21)28-25-29-27(22-14-8-3-9-15-22)19-30(16-23(27)18-34-25)26(32)33-17-20-10-4-1-5-11-20/h1-15,23,25,29H,16-19H2,(H,28,31). The van der Waals surface area contributed by atoms with Crippen molar-refractivity contribution in [3.8, 4) is 0 Å². The van der Waals surface area contributed by atoms with Gasteiger partial charge in [-0.1, -0.05) is 78.9 Å². The quantitative estimate of drug-likeness (QED) is 0.581. The predicted octanol–water partition coefficient (Wildman–Crippen LogP) is 4.20. The topological polar surface area (TPSA) is 70.7 Å². The zero-order chi connectivity index (χ0) is 23.4. The molecule has 2 aliphatic heterocycles. The van der Waals surface area contributed by atoms with Crippen LogP contribution >= 0.6 is 11.8 Å². The van der Waals surface area contributed by atoms with Crippen LogP contribution in [0.2, 0.25) is 0 Å². The van der Waals surface area contributed by atoms with Gasteiger partial charge in [-0.15, -0.1) is 11.8 Å². The lowest BCUT2D eigenvalue weighted by molar-refractivity contribution is 0.0923. The van der Waals surface area contributed by atoms with Crippen LogP contribution in [0.4, 0.5) is 4.79 Å². The van der Waals surface area contributed by atoms with Crippen molar-refractivity contribution >= 4 is 23.8 Å². The lowest BCUT2D eigenvalue weighted by Gasteiger charge is -2.43. The highest BCUT2D eigenvalue weighted by Crippen LogP contribution is 2.43. The maximum Gasteiger partial charge on any atom is 0.410 e. The number of likely N-dealkylation sites (tertiary alicyclic amines) is 1. The summed E-state index contributed by atoms with van der Waals surface area (Å²) in [6.45, 7) is 1.33. The molecule has 2 amide bonds. The molecule has 6 nitrogen and oxygen atoms in total. The van der Waals surface area contributed by atoms with Gasteiger partial charge < -0.3 is 15.0 Å². The Labute approximate surface area is 203 Å². The summed E-state index contributed by atoms with van der Waals surface area (Å²) in [4.78, 5) is 27.6. The fourth-order valence-electron chi connectivity index (χ4n) is 4.73. The van der Waals surface area contributed by atoms with Gasteiger partial charge in [0.25, 0.3) is 5.91 Å². The molecule has 0 saturated carbocycles. The van der Waals surface area contributed by atoms with Gasteiger partial charge in [0.05, 0.1) is 5.54 Å². The first-order valence-electron chi connectivity index (χ1n) is 11.4. The lowest BCUT2D eigenvalue weighted by Crippen LogP contribution is -2.61. The third-order valence-electron chi connectivity index (χ3n) is 6.48.